The van der Waals surface area contributed by atoms with E-state index in [2.05, 4.69) is 20.2 Å². The Labute approximate surface area is 121 Å². The minimum absolute atomic E-state index is 0.477. The van der Waals surface area contributed by atoms with Crippen molar-refractivity contribution in [3.05, 3.63) is 59.7 Å². The summed E-state index contributed by atoms with van der Waals surface area (Å²) in [6.45, 7) is -0.954. The molecule has 1 aromatic carbocycles. The van der Waals surface area contributed by atoms with Crippen LogP contribution in [0, 0.1) is 23.3 Å². The molecule has 0 fully saturated rings. The SMILES string of the molecule is Fc1c(F)c(Cn2cncn2)c(F)c(F)c1Cn1cncn1. The molecular weight excluding hydrogens is 304 g/mol. The van der Waals surface area contributed by atoms with E-state index in [-0.39, 0.29) is 0 Å². The summed E-state index contributed by atoms with van der Waals surface area (Å²) < 4.78 is 58.2. The van der Waals surface area contributed by atoms with Gasteiger partial charge in [-0.2, -0.15) is 10.2 Å². The molecule has 0 bridgehead atoms. The molecule has 114 valence electrons. The summed E-state index contributed by atoms with van der Waals surface area (Å²) >= 11 is 0. The van der Waals surface area contributed by atoms with Crippen molar-refractivity contribution in [2.45, 2.75) is 13.1 Å². The Bertz CT molecular complexity index is 688. The van der Waals surface area contributed by atoms with Gasteiger partial charge in [0.1, 0.15) is 25.3 Å². The van der Waals surface area contributed by atoms with E-state index < -0.39 is 47.5 Å². The third-order valence-corrected chi connectivity index (χ3v) is 3.02. The van der Waals surface area contributed by atoms with Gasteiger partial charge in [0.15, 0.2) is 23.3 Å². The van der Waals surface area contributed by atoms with Crippen LogP contribution in [-0.4, -0.2) is 29.5 Å². The second kappa shape index (κ2) is 5.54. The first-order valence-electron chi connectivity index (χ1n) is 6.06. The Morgan fingerprint density at radius 2 is 1.05 bits per heavy atom. The smallest absolute Gasteiger partial charge is 0.167 e. The molecule has 3 aromatic rings. The van der Waals surface area contributed by atoms with Crippen molar-refractivity contribution in [1.82, 2.24) is 29.5 Å². The minimum Gasteiger partial charge on any atom is -0.248 e. The molecule has 0 unspecified atom stereocenters. The second-order valence-electron chi connectivity index (χ2n) is 4.40. The lowest BCUT2D eigenvalue weighted by molar-refractivity contribution is 0.413. The minimum atomic E-state index is -1.47. The molecule has 2 aromatic heterocycles. The van der Waals surface area contributed by atoms with Gasteiger partial charge in [0.05, 0.1) is 24.2 Å². The van der Waals surface area contributed by atoms with E-state index in [1.807, 2.05) is 0 Å². The summed E-state index contributed by atoms with van der Waals surface area (Å²) in [5, 5.41) is 7.28. The zero-order chi connectivity index (χ0) is 15.7. The molecule has 0 spiro atoms. The maximum Gasteiger partial charge on any atom is 0.167 e. The van der Waals surface area contributed by atoms with E-state index in [0.717, 1.165) is 22.0 Å². The summed E-state index contributed by atoms with van der Waals surface area (Å²) in [7, 11) is 0. The summed E-state index contributed by atoms with van der Waals surface area (Å²) in [6, 6.07) is 0. The van der Waals surface area contributed by atoms with Crippen molar-refractivity contribution in [1.29, 1.82) is 0 Å². The highest BCUT2D eigenvalue weighted by atomic mass is 19.2. The summed E-state index contributed by atoms with van der Waals surface area (Å²) in [5.74, 6) is -5.87. The molecule has 0 atom stereocenters. The first kappa shape index (κ1) is 14.2. The number of halogens is 4. The van der Waals surface area contributed by atoms with Gasteiger partial charge in [-0.1, -0.05) is 0 Å². The van der Waals surface area contributed by atoms with Crippen LogP contribution >= 0.6 is 0 Å². The zero-order valence-electron chi connectivity index (χ0n) is 10.9. The molecule has 6 nitrogen and oxygen atoms in total. The summed E-state index contributed by atoms with van der Waals surface area (Å²) in [4.78, 5) is 7.18. The van der Waals surface area contributed by atoms with E-state index in [0.29, 0.717) is 0 Å². The highest BCUT2D eigenvalue weighted by Crippen LogP contribution is 2.25. The van der Waals surface area contributed by atoms with Crippen LogP contribution in [0.25, 0.3) is 0 Å². The summed E-state index contributed by atoms with van der Waals surface area (Å²) in [5.41, 5.74) is -1.52. The fraction of sp³-hybridized carbons (Fsp3) is 0.167. The van der Waals surface area contributed by atoms with Gasteiger partial charge in [0.25, 0.3) is 0 Å². The van der Waals surface area contributed by atoms with E-state index in [1.54, 1.807) is 0 Å². The molecule has 0 aliphatic rings. The van der Waals surface area contributed by atoms with Crippen LogP contribution in [0.2, 0.25) is 0 Å². The van der Waals surface area contributed by atoms with Crippen molar-refractivity contribution in [3.8, 4) is 0 Å². The maximum absolute atomic E-state index is 14.0. The predicted molar refractivity (Wildman–Crippen MR) is 64.5 cm³/mol. The Morgan fingerprint density at radius 1 is 0.682 bits per heavy atom. The van der Waals surface area contributed by atoms with Gasteiger partial charge in [-0.3, -0.25) is 0 Å². The molecule has 10 heteroatoms. The third-order valence-electron chi connectivity index (χ3n) is 3.02. The van der Waals surface area contributed by atoms with Gasteiger partial charge >= 0.3 is 0 Å². The van der Waals surface area contributed by atoms with E-state index in [1.165, 1.54) is 12.7 Å². The van der Waals surface area contributed by atoms with Gasteiger partial charge in [0.2, 0.25) is 0 Å². The fourth-order valence-corrected chi connectivity index (χ4v) is 1.95. The molecule has 2 heterocycles. The number of hydrogen-bond acceptors (Lipinski definition) is 4. The van der Waals surface area contributed by atoms with Gasteiger partial charge in [-0.15, -0.1) is 0 Å². The maximum atomic E-state index is 14.0. The molecule has 0 saturated carbocycles. The quantitative estimate of drug-likeness (QED) is 0.541. The van der Waals surface area contributed by atoms with Crippen molar-refractivity contribution in [2.24, 2.45) is 0 Å². The molecule has 0 amide bonds. The van der Waals surface area contributed by atoms with Crippen LogP contribution in [-0.2, 0) is 13.1 Å². The van der Waals surface area contributed by atoms with Crippen LogP contribution in [0.4, 0.5) is 17.6 Å². The third kappa shape index (κ3) is 2.43. The largest absolute Gasteiger partial charge is 0.248 e. The number of rotatable bonds is 4. The highest BCUT2D eigenvalue weighted by Gasteiger charge is 2.25. The summed E-state index contributed by atoms with van der Waals surface area (Å²) in [6.07, 6.45) is 4.64. The standard InChI is InChI=1S/C12H8F4N6/c13-9-7(1-21-5-17-3-19-21)10(14)12(16)8(11(9)15)2-22-6-18-4-20-22/h3-6H,1-2H2. The normalized spacial score (nSPS) is 11.1. The average Bonchev–Trinajstić information content (AvgIpc) is 3.19. The number of hydrogen-bond donors (Lipinski definition) is 0. The van der Waals surface area contributed by atoms with E-state index in [4.69, 9.17) is 0 Å². The predicted octanol–water partition coefficient (Wildman–Crippen LogP) is 1.52. The lowest BCUT2D eigenvalue weighted by Crippen LogP contribution is -2.14. The number of aromatic nitrogens is 6. The molecule has 22 heavy (non-hydrogen) atoms. The Balaban J connectivity index is 2.04. The van der Waals surface area contributed by atoms with Crippen molar-refractivity contribution in [3.63, 3.8) is 0 Å². The van der Waals surface area contributed by atoms with Crippen molar-refractivity contribution < 1.29 is 17.6 Å². The Kier molecular flexibility index (Phi) is 3.57. The zero-order valence-corrected chi connectivity index (χ0v) is 10.9. The van der Waals surface area contributed by atoms with E-state index >= 15 is 0 Å². The van der Waals surface area contributed by atoms with Gasteiger partial charge in [-0.25, -0.2) is 36.9 Å². The number of nitrogens with zero attached hydrogens (tertiary/aromatic N) is 6. The van der Waals surface area contributed by atoms with Gasteiger partial charge in [-0.05, 0) is 0 Å². The van der Waals surface area contributed by atoms with Gasteiger partial charge in [0, 0.05) is 0 Å². The monoisotopic (exact) mass is 312 g/mol. The van der Waals surface area contributed by atoms with Crippen LogP contribution in [0.5, 0.6) is 0 Å². The van der Waals surface area contributed by atoms with Crippen LogP contribution in [0.15, 0.2) is 25.3 Å². The number of benzene rings is 1. The van der Waals surface area contributed by atoms with Crippen LogP contribution in [0.3, 0.4) is 0 Å². The Morgan fingerprint density at radius 3 is 1.32 bits per heavy atom. The molecule has 0 N–H and O–H groups in total. The molecule has 0 saturated heterocycles. The fourth-order valence-electron chi connectivity index (χ4n) is 1.95. The Hall–Kier alpha value is -2.78. The first-order valence-corrected chi connectivity index (χ1v) is 6.06. The van der Waals surface area contributed by atoms with Gasteiger partial charge < -0.3 is 0 Å². The lowest BCUT2D eigenvalue weighted by Gasteiger charge is -2.12. The van der Waals surface area contributed by atoms with E-state index in [9.17, 15) is 17.6 Å². The van der Waals surface area contributed by atoms with Crippen molar-refractivity contribution >= 4 is 0 Å². The molecule has 0 aliphatic heterocycles. The molecule has 3 rings (SSSR count). The van der Waals surface area contributed by atoms with Crippen LogP contribution < -0.4 is 0 Å². The topological polar surface area (TPSA) is 61.4 Å². The molecular formula is C12H8F4N6. The first-order chi connectivity index (χ1) is 10.6. The molecule has 0 radical (unpaired) electrons. The molecule has 0 aliphatic carbocycles. The average molecular weight is 312 g/mol. The second-order valence-corrected chi connectivity index (χ2v) is 4.40. The lowest BCUT2D eigenvalue weighted by atomic mass is 10.1. The highest BCUT2D eigenvalue weighted by molar-refractivity contribution is 5.30. The van der Waals surface area contributed by atoms with Crippen molar-refractivity contribution in [2.75, 3.05) is 0 Å². The van der Waals surface area contributed by atoms with Crippen LogP contribution in [0.1, 0.15) is 11.1 Å².